The number of allylic oxidation sites excluding steroid dienone is 1. The average molecular weight is 434 g/mol. The highest BCUT2D eigenvalue weighted by Crippen LogP contribution is 2.27. The highest BCUT2D eigenvalue weighted by Gasteiger charge is 2.17. The molecule has 2 rings (SSSR count). The minimum absolute atomic E-state index is 0.0442. The molecule has 1 amide bonds. The molecule has 0 saturated heterocycles. The molecule has 11 heteroatoms. The fraction of sp³-hybridized carbons (Fsp3) is 0.214. The summed E-state index contributed by atoms with van der Waals surface area (Å²) in [7, 11) is 0. The van der Waals surface area contributed by atoms with E-state index in [1.165, 1.54) is 0 Å². The minimum Gasteiger partial charge on any atom is -0.479 e. The van der Waals surface area contributed by atoms with Crippen LogP contribution in [0.4, 0.5) is 8.78 Å². The number of ether oxygens (including phenoxy) is 1. The van der Waals surface area contributed by atoms with Crippen LogP contribution < -0.4 is 16.0 Å². The molecule has 1 aromatic carbocycles. The van der Waals surface area contributed by atoms with Gasteiger partial charge < -0.3 is 4.74 Å². The van der Waals surface area contributed by atoms with Crippen LogP contribution in [0.2, 0.25) is 0 Å². The standard InChI is InChI=1S/C14H14BrF2N5O2S/c1-2-3-22-11(20-21-14(22)25-7-12(23)19-18)6-24-13-9(16)4-8(15)5-10(13)17/h2,4-5H,1,3,6-7,18H2,(H,19,23). The third-order valence-electron chi connectivity index (χ3n) is 2.91. The number of aromatic nitrogens is 3. The molecule has 1 heterocycles. The summed E-state index contributed by atoms with van der Waals surface area (Å²) in [5.41, 5.74) is 2.01. The van der Waals surface area contributed by atoms with Gasteiger partial charge in [-0.1, -0.05) is 33.8 Å². The Morgan fingerprint density at radius 2 is 2.12 bits per heavy atom. The number of nitrogens with one attached hydrogen (secondary N) is 1. The maximum Gasteiger partial charge on any atom is 0.244 e. The first-order valence-electron chi connectivity index (χ1n) is 6.88. The lowest BCUT2D eigenvalue weighted by atomic mass is 10.3. The van der Waals surface area contributed by atoms with Gasteiger partial charge in [0.05, 0.1) is 5.75 Å². The van der Waals surface area contributed by atoms with Crippen LogP contribution in [0.5, 0.6) is 5.75 Å². The fourth-order valence-corrected chi connectivity index (χ4v) is 3.00. The van der Waals surface area contributed by atoms with Crippen molar-refractivity contribution in [3.63, 3.8) is 0 Å². The third-order valence-corrected chi connectivity index (χ3v) is 4.33. The van der Waals surface area contributed by atoms with E-state index in [-0.39, 0.29) is 22.7 Å². The van der Waals surface area contributed by atoms with Gasteiger partial charge in [0.25, 0.3) is 0 Å². The zero-order valence-electron chi connectivity index (χ0n) is 12.8. The Labute approximate surface area is 154 Å². The zero-order chi connectivity index (χ0) is 18.4. The number of rotatable bonds is 8. The van der Waals surface area contributed by atoms with E-state index in [0.717, 1.165) is 23.9 Å². The summed E-state index contributed by atoms with van der Waals surface area (Å²) >= 11 is 4.11. The van der Waals surface area contributed by atoms with Gasteiger partial charge in [-0.25, -0.2) is 14.6 Å². The van der Waals surface area contributed by atoms with Gasteiger partial charge in [-0.15, -0.1) is 16.8 Å². The Morgan fingerprint density at radius 3 is 2.72 bits per heavy atom. The zero-order valence-corrected chi connectivity index (χ0v) is 15.2. The third kappa shape index (κ3) is 5.00. The van der Waals surface area contributed by atoms with Crippen LogP contribution in [0.25, 0.3) is 0 Å². The summed E-state index contributed by atoms with van der Waals surface area (Å²) in [6, 6.07) is 2.19. The highest BCUT2D eigenvalue weighted by atomic mass is 79.9. The molecule has 2 aromatic rings. The molecular weight excluding hydrogens is 420 g/mol. The molecule has 0 unspecified atom stereocenters. The number of carbonyl (C=O) groups is 1. The largest absolute Gasteiger partial charge is 0.479 e. The van der Waals surface area contributed by atoms with Crippen molar-refractivity contribution in [1.29, 1.82) is 0 Å². The maximum atomic E-state index is 13.8. The molecule has 0 fully saturated rings. The predicted octanol–water partition coefficient (Wildman–Crippen LogP) is 2.17. The number of hydrogen-bond donors (Lipinski definition) is 2. The summed E-state index contributed by atoms with van der Waals surface area (Å²) in [6.45, 7) is 3.76. The lowest BCUT2D eigenvalue weighted by Crippen LogP contribution is -2.31. The number of carbonyl (C=O) groups excluding carboxylic acids is 1. The number of benzene rings is 1. The lowest BCUT2D eigenvalue weighted by molar-refractivity contribution is -0.118. The normalized spacial score (nSPS) is 10.6. The second-order valence-corrected chi connectivity index (χ2v) is 6.50. The van der Waals surface area contributed by atoms with Crippen molar-refractivity contribution in [3.05, 3.63) is 46.7 Å². The van der Waals surface area contributed by atoms with Crippen molar-refractivity contribution in [2.24, 2.45) is 5.84 Å². The quantitative estimate of drug-likeness (QED) is 0.218. The van der Waals surface area contributed by atoms with Crippen molar-refractivity contribution in [2.75, 3.05) is 5.75 Å². The van der Waals surface area contributed by atoms with Gasteiger partial charge in [0, 0.05) is 11.0 Å². The topological polar surface area (TPSA) is 95.1 Å². The van der Waals surface area contributed by atoms with E-state index >= 15 is 0 Å². The Morgan fingerprint density at radius 1 is 1.44 bits per heavy atom. The number of hydrazine groups is 1. The average Bonchev–Trinajstić information content (AvgIpc) is 2.94. The number of amides is 1. The minimum atomic E-state index is -0.837. The fourth-order valence-electron chi connectivity index (χ4n) is 1.82. The smallest absolute Gasteiger partial charge is 0.244 e. The molecule has 0 saturated carbocycles. The first-order valence-corrected chi connectivity index (χ1v) is 8.66. The molecule has 0 bridgehead atoms. The molecule has 0 aliphatic carbocycles. The molecule has 0 atom stereocenters. The van der Waals surface area contributed by atoms with E-state index < -0.39 is 17.4 Å². The number of hydrogen-bond acceptors (Lipinski definition) is 6. The van der Waals surface area contributed by atoms with Crippen molar-refractivity contribution >= 4 is 33.6 Å². The molecule has 0 aliphatic rings. The Kier molecular flexibility index (Phi) is 6.91. The van der Waals surface area contributed by atoms with E-state index in [1.807, 2.05) is 5.43 Å². The summed E-state index contributed by atoms with van der Waals surface area (Å²) in [6.07, 6.45) is 1.60. The molecule has 0 radical (unpaired) electrons. The summed E-state index contributed by atoms with van der Waals surface area (Å²) in [5, 5.41) is 8.31. The monoisotopic (exact) mass is 433 g/mol. The van der Waals surface area contributed by atoms with Crippen molar-refractivity contribution < 1.29 is 18.3 Å². The second kappa shape index (κ2) is 8.92. The van der Waals surface area contributed by atoms with Crippen LogP contribution in [-0.4, -0.2) is 26.4 Å². The molecule has 1 aromatic heterocycles. The molecule has 0 aliphatic heterocycles. The Balaban J connectivity index is 2.15. The van der Waals surface area contributed by atoms with Crippen LogP contribution in [-0.2, 0) is 17.9 Å². The van der Waals surface area contributed by atoms with Gasteiger partial charge in [-0.05, 0) is 12.1 Å². The van der Waals surface area contributed by atoms with E-state index in [1.54, 1.807) is 10.6 Å². The van der Waals surface area contributed by atoms with Crippen LogP contribution in [0.15, 0.2) is 34.4 Å². The number of halogens is 3. The maximum absolute atomic E-state index is 13.8. The van der Waals surface area contributed by atoms with Crippen LogP contribution in [0.1, 0.15) is 5.82 Å². The number of nitrogens with two attached hydrogens (primary N) is 1. The van der Waals surface area contributed by atoms with E-state index in [2.05, 4.69) is 32.7 Å². The number of nitrogens with zero attached hydrogens (tertiary/aromatic N) is 3. The first-order chi connectivity index (χ1) is 12.0. The second-order valence-electron chi connectivity index (χ2n) is 4.64. The summed E-state index contributed by atoms with van der Waals surface area (Å²) in [5.74, 6) is 2.84. The van der Waals surface area contributed by atoms with Gasteiger partial charge in [-0.2, -0.15) is 0 Å². The van der Waals surface area contributed by atoms with Gasteiger partial charge >= 0.3 is 0 Å². The summed E-state index contributed by atoms with van der Waals surface area (Å²) in [4.78, 5) is 11.2. The van der Waals surface area contributed by atoms with Crippen LogP contribution in [0, 0.1) is 11.6 Å². The van der Waals surface area contributed by atoms with Gasteiger partial charge in [0.15, 0.2) is 28.4 Å². The predicted molar refractivity (Wildman–Crippen MR) is 91.7 cm³/mol. The first kappa shape index (κ1) is 19.3. The Bertz CT molecular complexity index is 764. The van der Waals surface area contributed by atoms with E-state index in [9.17, 15) is 13.6 Å². The molecule has 25 heavy (non-hydrogen) atoms. The van der Waals surface area contributed by atoms with Gasteiger partial charge in [-0.3, -0.25) is 14.8 Å². The highest BCUT2D eigenvalue weighted by molar-refractivity contribution is 9.10. The van der Waals surface area contributed by atoms with Gasteiger partial charge in [0.2, 0.25) is 5.91 Å². The van der Waals surface area contributed by atoms with Crippen molar-refractivity contribution in [1.82, 2.24) is 20.2 Å². The molecule has 134 valence electrons. The van der Waals surface area contributed by atoms with E-state index in [4.69, 9.17) is 10.6 Å². The van der Waals surface area contributed by atoms with Crippen LogP contribution >= 0.6 is 27.7 Å². The van der Waals surface area contributed by atoms with Gasteiger partial charge in [0.1, 0.15) is 6.61 Å². The SMILES string of the molecule is C=CCn1c(COc2c(F)cc(Br)cc2F)nnc1SCC(=O)NN. The molecule has 0 spiro atoms. The molecular formula is C14H14BrF2N5O2S. The molecule has 3 N–H and O–H groups in total. The number of thioether (sulfide) groups is 1. The molecule has 7 nitrogen and oxygen atoms in total. The lowest BCUT2D eigenvalue weighted by Gasteiger charge is -2.10. The van der Waals surface area contributed by atoms with Crippen LogP contribution in [0.3, 0.4) is 0 Å². The van der Waals surface area contributed by atoms with Crippen molar-refractivity contribution in [3.8, 4) is 5.75 Å². The van der Waals surface area contributed by atoms with E-state index in [0.29, 0.717) is 17.5 Å². The summed E-state index contributed by atoms with van der Waals surface area (Å²) < 4.78 is 34.7. The Hall–Kier alpha value is -1.98. The van der Waals surface area contributed by atoms with Crippen molar-refractivity contribution in [2.45, 2.75) is 18.3 Å².